The van der Waals surface area contributed by atoms with Gasteiger partial charge in [0.25, 0.3) is 0 Å². The molecule has 1 atom stereocenters. The number of nitrogens with two attached hydrogens (primary N) is 1. The van der Waals surface area contributed by atoms with Crippen molar-refractivity contribution in [2.75, 3.05) is 20.1 Å². The van der Waals surface area contributed by atoms with Crippen LogP contribution in [0, 0.1) is 5.92 Å². The maximum Gasteiger partial charge on any atom is 0.222 e. The molecule has 0 bridgehead atoms. The van der Waals surface area contributed by atoms with Gasteiger partial charge in [-0.2, -0.15) is 0 Å². The Labute approximate surface area is 86.0 Å². The summed E-state index contributed by atoms with van der Waals surface area (Å²) >= 11 is 0. The van der Waals surface area contributed by atoms with E-state index in [1.165, 1.54) is 0 Å². The van der Waals surface area contributed by atoms with Crippen LogP contribution in [0.2, 0.25) is 0 Å². The molecule has 1 rings (SSSR count). The number of carbonyl (C=O) groups is 1. The minimum Gasteiger partial charge on any atom is -0.346 e. The van der Waals surface area contributed by atoms with Crippen molar-refractivity contribution >= 4 is 5.91 Å². The van der Waals surface area contributed by atoms with Crippen LogP contribution in [0.4, 0.5) is 0 Å². The lowest BCUT2D eigenvalue weighted by Gasteiger charge is -2.18. The van der Waals surface area contributed by atoms with Crippen LogP contribution in [0.25, 0.3) is 0 Å². The Bertz CT molecular complexity index is 213. The first-order valence-electron chi connectivity index (χ1n) is 5.34. The highest BCUT2D eigenvalue weighted by molar-refractivity contribution is 5.76. The number of hydrogen-bond donors (Lipinski definition) is 1. The molecule has 0 aliphatic heterocycles. The zero-order valence-electron chi connectivity index (χ0n) is 8.91. The molecule has 0 heterocycles. The van der Waals surface area contributed by atoms with Crippen LogP contribution in [0.1, 0.15) is 25.7 Å². The lowest BCUT2D eigenvalue weighted by atomic mass is 10.0. The van der Waals surface area contributed by atoms with Crippen LogP contribution in [-0.2, 0) is 4.79 Å². The van der Waals surface area contributed by atoms with Gasteiger partial charge in [-0.15, -0.1) is 0 Å². The van der Waals surface area contributed by atoms with Crippen molar-refractivity contribution in [3.8, 4) is 0 Å². The predicted molar refractivity (Wildman–Crippen MR) is 57.8 cm³/mol. The number of carbonyl (C=O) groups excluding carboxylic acids is 1. The van der Waals surface area contributed by atoms with Gasteiger partial charge >= 0.3 is 0 Å². The van der Waals surface area contributed by atoms with Crippen LogP contribution in [-0.4, -0.2) is 30.9 Å². The van der Waals surface area contributed by atoms with Gasteiger partial charge in [-0.05, 0) is 31.7 Å². The molecule has 80 valence electrons. The average Bonchev–Trinajstić information content (AvgIpc) is 2.66. The fourth-order valence-electron chi connectivity index (χ4n) is 1.70. The summed E-state index contributed by atoms with van der Waals surface area (Å²) in [7, 11) is 1.86. The van der Waals surface area contributed by atoms with E-state index in [2.05, 4.69) is 12.2 Å². The van der Waals surface area contributed by atoms with Gasteiger partial charge < -0.3 is 10.6 Å². The van der Waals surface area contributed by atoms with E-state index in [0.717, 1.165) is 25.8 Å². The molecule has 0 fully saturated rings. The summed E-state index contributed by atoms with van der Waals surface area (Å²) in [6.45, 7) is 1.44. The van der Waals surface area contributed by atoms with Crippen LogP contribution < -0.4 is 5.73 Å². The predicted octanol–water partition coefficient (Wildman–Crippen LogP) is 1.15. The summed E-state index contributed by atoms with van der Waals surface area (Å²) < 4.78 is 0. The second-order valence-electron chi connectivity index (χ2n) is 3.93. The van der Waals surface area contributed by atoms with Gasteiger partial charge in [-0.25, -0.2) is 0 Å². The molecular formula is C11H20N2O. The second-order valence-corrected chi connectivity index (χ2v) is 3.93. The lowest BCUT2D eigenvalue weighted by molar-refractivity contribution is -0.130. The quantitative estimate of drug-likeness (QED) is 0.670. The number of rotatable bonds is 5. The van der Waals surface area contributed by atoms with Crippen molar-refractivity contribution in [2.24, 2.45) is 11.7 Å². The molecule has 0 saturated heterocycles. The molecule has 14 heavy (non-hydrogen) atoms. The standard InChI is InChI=1S/C11H20N2O/c1-13(8-4-7-12)11(14)9-10-5-2-3-6-10/h2,5,10H,3-4,6-9,12H2,1H3. The van der Waals surface area contributed by atoms with E-state index in [1.54, 1.807) is 4.90 Å². The van der Waals surface area contributed by atoms with Crippen molar-refractivity contribution in [1.82, 2.24) is 4.90 Å². The Morgan fingerprint density at radius 1 is 1.64 bits per heavy atom. The van der Waals surface area contributed by atoms with E-state index in [4.69, 9.17) is 5.73 Å². The molecule has 1 aliphatic rings. The van der Waals surface area contributed by atoms with Crippen LogP contribution in [0.15, 0.2) is 12.2 Å². The second kappa shape index (κ2) is 5.81. The first-order chi connectivity index (χ1) is 6.74. The molecule has 0 saturated carbocycles. The summed E-state index contributed by atoms with van der Waals surface area (Å²) in [5.41, 5.74) is 5.39. The molecule has 2 N–H and O–H groups in total. The highest BCUT2D eigenvalue weighted by atomic mass is 16.2. The molecule has 3 nitrogen and oxygen atoms in total. The van der Waals surface area contributed by atoms with Crippen LogP contribution in [0.5, 0.6) is 0 Å². The van der Waals surface area contributed by atoms with E-state index in [1.807, 2.05) is 7.05 Å². The van der Waals surface area contributed by atoms with Crippen molar-refractivity contribution in [2.45, 2.75) is 25.7 Å². The summed E-state index contributed by atoms with van der Waals surface area (Å²) in [5.74, 6) is 0.720. The molecule has 1 unspecified atom stereocenters. The minimum absolute atomic E-state index is 0.245. The van der Waals surface area contributed by atoms with E-state index >= 15 is 0 Å². The first kappa shape index (κ1) is 11.2. The van der Waals surface area contributed by atoms with Gasteiger partial charge in [0.1, 0.15) is 0 Å². The molecule has 1 aliphatic carbocycles. The molecular weight excluding hydrogens is 176 g/mol. The van der Waals surface area contributed by atoms with Gasteiger partial charge in [0.05, 0.1) is 0 Å². The largest absolute Gasteiger partial charge is 0.346 e. The molecule has 0 aromatic rings. The Morgan fingerprint density at radius 2 is 2.43 bits per heavy atom. The Kier molecular flexibility index (Phi) is 4.66. The minimum atomic E-state index is 0.245. The molecule has 0 radical (unpaired) electrons. The third-order valence-corrected chi connectivity index (χ3v) is 2.67. The summed E-state index contributed by atoms with van der Waals surface area (Å²) in [6.07, 6.45) is 8.15. The van der Waals surface area contributed by atoms with Gasteiger partial charge in [0.15, 0.2) is 0 Å². The topological polar surface area (TPSA) is 46.3 Å². The third kappa shape index (κ3) is 3.50. The van der Waals surface area contributed by atoms with E-state index < -0.39 is 0 Å². The molecule has 3 heteroatoms. The number of hydrogen-bond acceptors (Lipinski definition) is 2. The fourth-order valence-corrected chi connectivity index (χ4v) is 1.70. The monoisotopic (exact) mass is 196 g/mol. The van der Waals surface area contributed by atoms with E-state index in [0.29, 0.717) is 18.9 Å². The van der Waals surface area contributed by atoms with Gasteiger partial charge in [0, 0.05) is 20.0 Å². The van der Waals surface area contributed by atoms with Crippen molar-refractivity contribution < 1.29 is 4.79 Å². The van der Waals surface area contributed by atoms with E-state index in [9.17, 15) is 4.79 Å². The smallest absolute Gasteiger partial charge is 0.222 e. The highest BCUT2D eigenvalue weighted by Crippen LogP contribution is 2.20. The van der Waals surface area contributed by atoms with Crippen molar-refractivity contribution in [3.63, 3.8) is 0 Å². The highest BCUT2D eigenvalue weighted by Gasteiger charge is 2.16. The maximum absolute atomic E-state index is 11.7. The van der Waals surface area contributed by atoms with Gasteiger partial charge in [-0.3, -0.25) is 4.79 Å². The molecule has 1 amide bonds. The van der Waals surface area contributed by atoms with E-state index in [-0.39, 0.29) is 5.91 Å². The zero-order chi connectivity index (χ0) is 10.4. The Balaban J connectivity index is 2.22. The fraction of sp³-hybridized carbons (Fsp3) is 0.727. The number of nitrogens with zero attached hydrogens (tertiary/aromatic N) is 1. The van der Waals surface area contributed by atoms with Gasteiger partial charge in [-0.1, -0.05) is 12.2 Å². The molecule has 0 spiro atoms. The summed E-state index contributed by atoms with van der Waals surface area (Å²) in [6, 6.07) is 0. The SMILES string of the molecule is CN(CCCN)C(=O)CC1C=CCC1. The molecule has 0 aromatic carbocycles. The van der Waals surface area contributed by atoms with Crippen LogP contribution >= 0.6 is 0 Å². The number of allylic oxidation sites excluding steroid dienone is 2. The summed E-state index contributed by atoms with van der Waals surface area (Å²) in [4.78, 5) is 13.4. The summed E-state index contributed by atoms with van der Waals surface area (Å²) in [5, 5.41) is 0. The van der Waals surface area contributed by atoms with Crippen molar-refractivity contribution in [1.29, 1.82) is 0 Å². The third-order valence-electron chi connectivity index (χ3n) is 2.67. The first-order valence-corrected chi connectivity index (χ1v) is 5.34. The number of amides is 1. The lowest BCUT2D eigenvalue weighted by Crippen LogP contribution is -2.29. The maximum atomic E-state index is 11.7. The Hall–Kier alpha value is -0.830. The average molecular weight is 196 g/mol. The molecule has 0 aromatic heterocycles. The van der Waals surface area contributed by atoms with Crippen molar-refractivity contribution in [3.05, 3.63) is 12.2 Å². The Morgan fingerprint density at radius 3 is 3.00 bits per heavy atom. The normalized spacial score (nSPS) is 20.0. The van der Waals surface area contributed by atoms with Gasteiger partial charge in [0.2, 0.25) is 5.91 Å². The van der Waals surface area contributed by atoms with Crippen LogP contribution in [0.3, 0.4) is 0 Å². The zero-order valence-corrected chi connectivity index (χ0v) is 8.91.